The summed E-state index contributed by atoms with van der Waals surface area (Å²) in [7, 11) is 0. The summed E-state index contributed by atoms with van der Waals surface area (Å²) in [5.74, 6) is 0. The lowest BCUT2D eigenvalue weighted by molar-refractivity contribution is -0.384. The highest BCUT2D eigenvalue weighted by molar-refractivity contribution is 5.61. The minimum atomic E-state index is -0.352. The van der Waals surface area contributed by atoms with Crippen LogP contribution in [0.15, 0.2) is 41.6 Å². The topological polar surface area (TPSA) is 55.6 Å². The molecule has 110 valence electrons. The Bertz CT molecular complexity index is 601. The van der Waals surface area contributed by atoms with Crippen LogP contribution >= 0.6 is 0 Å². The van der Waals surface area contributed by atoms with Crippen molar-refractivity contribution in [2.75, 3.05) is 26.3 Å². The van der Waals surface area contributed by atoms with Gasteiger partial charge in [0.05, 0.1) is 18.1 Å². The Labute approximate surface area is 123 Å². The number of rotatable bonds is 3. The second-order valence-corrected chi connectivity index (χ2v) is 5.25. The van der Waals surface area contributed by atoms with E-state index >= 15 is 0 Å². The number of hydrogen-bond donors (Lipinski definition) is 0. The zero-order valence-corrected chi connectivity index (χ0v) is 11.8. The van der Waals surface area contributed by atoms with Crippen molar-refractivity contribution in [1.82, 2.24) is 4.90 Å². The zero-order chi connectivity index (χ0) is 14.7. The molecule has 0 saturated carbocycles. The molecule has 1 aromatic carbocycles. The van der Waals surface area contributed by atoms with E-state index in [-0.39, 0.29) is 10.6 Å². The van der Waals surface area contributed by atoms with Crippen molar-refractivity contribution < 1.29 is 9.66 Å². The van der Waals surface area contributed by atoms with Crippen LogP contribution in [0.3, 0.4) is 0 Å². The number of nitro groups is 1. The van der Waals surface area contributed by atoms with E-state index in [2.05, 4.69) is 17.1 Å². The number of benzene rings is 1. The second kappa shape index (κ2) is 6.10. The first kappa shape index (κ1) is 13.8. The van der Waals surface area contributed by atoms with Gasteiger partial charge in [-0.15, -0.1) is 0 Å². The minimum Gasteiger partial charge on any atom is -0.378 e. The van der Waals surface area contributed by atoms with Gasteiger partial charge in [-0.3, -0.25) is 10.1 Å². The van der Waals surface area contributed by atoms with Gasteiger partial charge in [-0.25, -0.2) is 0 Å². The van der Waals surface area contributed by atoms with E-state index < -0.39 is 0 Å². The average Bonchev–Trinajstić information content (AvgIpc) is 2.96. The maximum absolute atomic E-state index is 10.9. The fourth-order valence-electron chi connectivity index (χ4n) is 2.84. The molecule has 2 aliphatic rings. The van der Waals surface area contributed by atoms with E-state index in [9.17, 15) is 10.1 Å². The lowest BCUT2D eigenvalue weighted by Crippen LogP contribution is -2.35. The Morgan fingerprint density at radius 1 is 1.29 bits per heavy atom. The molecule has 1 aliphatic carbocycles. The van der Waals surface area contributed by atoms with Crippen molar-refractivity contribution in [3.05, 3.63) is 57.3 Å². The van der Waals surface area contributed by atoms with Crippen molar-refractivity contribution in [2.45, 2.75) is 12.8 Å². The van der Waals surface area contributed by atoms with Gasteiger partial charge in [-0.2, -0.15) is 0 Å². The van der Waals surface area contributed by atoms with Gasteiger partial charge in [-0.1, -0.05) is 18.2 Å². The lowest BCUT2D eigenvalue weighted by atomic mass is 10.1. The molecular weight excluding hydrogens is 268 g/mol. The average molecular weight is 286 g/mol. The predicted octanol–water partition coefficient (Wildman–Crippen LogP) is 2.99. The van der Waals surface area contributed by atoms with Crippen LogP contribution in [0.2, 0.25) is 0 Å². The largest absolute Gasteiger partial charge is 0.378 e. The molecule has 21 heavy (non-hydrogen) atoms. The number of allylic oxidation sites excluding steroid dienone is 2. The van der Waals surface area contributed by atoms with Crippen LogP contribution in [0.1, 0.15) is 18.4 Å². The molecule has 0 bridgehead atoms. The Morgan fingerprint density at radius 2 is 2.10 bits per heavy atom. The number of nitro benzene ring substituents is 1. The summed E-state index contributed by atoms with van der Waals surface area (Å²) in [4.78, 5) is 12.8. The highest BCUT2D eigenvalue weighted by Crippen LogP contribution is 2.30. The van der Waals surface area contributed by atoms with E-state index in [1.807, 2.05) is 6.07 Å². The first-order valence-electron chi connectivity index (χ1n) is 7.22. The molecule has 0 N–H and O–H groups in total. The molecule has 5 heteroatoms. The lowest BCUT2D eigenvalue weighted by Gasteiger charge is -2.30. The van der Waals surface area contributed by atoms with E-state index in [0.29, 0.717) is 0 Å². The van der Waals surface area contributed by atoms with Gasteiger partial charge in [0, 0.05) is 30.9 Å². The maximum Gasteiger partial charge on any atom is 0.270 e. The number of non-ortho nitro benzene ring substituents is 1. The number of ether oxygens (including phenoxy) is 1. The van der Waals surface area contributed by atoms with Gasteiger partial charge in [0.15, 0.2) is 0 Å². The van der Waals surface area contributed by atoms with Crippen LogP contribution in [-0.2, 0) is 4.74 Å². The Hall–Kier alpha value is -2.14. The van der Waals surface area contributed by atoms with Crippen molar-refractivity contribution in [1.29, 1.82) is 0 Å². The van der Waals surface area contributed by atoms with Gasteiger partial charge < -0.3 is 9.64 Å². The molecule has 1 fully saturated rings. The molecule has 0 aromatic heterocycles. The first-order valence-corrected chi connectivity index (χ1v) is 7.22. The van der Waals surface area contributed by atoms with Gasteiger partial charge in [0.2, 0.25) is 0 Å². The van der Waals surface area contributed by atoms with Crippen LogP contribution in [0.4, 0.5) is 5.69 Å². The van der Waals surface area contributed by atoms with Crippen LogP contribution in [-0.4, -0.2) is 36.1 Å². The van der Waals surface area contributed by atoms with Crippen LogP contribution in [0, 0.1) is 10.1 Å². The number of nitrogens with zero attached hydrogens (tertiary/aromatic N) is 2. The molecule has 3 rings (SSSR count). The molecule has 5 nitrogen and oxygen atoms in total. The summed E-state index contributed by atoms with van der Waals surface area (Å²) in [5.41, 5.74) is 3.56. The van der Waals surface area contributed by atoms with Gasteiger partial charge in [0.1, 0.15) is 0 Å². The number of hydrogen-bond acceptors (Lipinski definition) is 4. The Kier molecular flexibility index (Phi) is 4.01. The summed E-state index contributed by atoms with van der Waals surface area (Å²) in [5, 5.41) is 10.9. The standard InChI is InChI=1S/C16H18N2O3/c19-18(20)15-5-1-3-13(12-15)11-14-4-2-6-16(14)17-7-9-21-10-8-17/h1,3,5-6,11-12H,2,4,7-10H2/b14-11-. The molecule has 1 aromatic rings. The molecule has 0 radical (unpaired) electrons. The molecule has 1 heterocycles. The van der Waals surface area contributed by atoms with Crippen molar-refractivity contribution in [3.8, 4) is 0 Å². The van der Waals surface area contributed by atoms with Gasteiger partial charge in [0.25, 0.3) is 5.69 Å². The van der Waals surface area contributed by atoms with Gasteiger partial charge >= 0.3 is 0 Å². The third-order valence-corrected chi connectivity index (χ3v) is 3.85. The molecule has 0 spiro atoms. The summed E-state index contributed by atoms with van der Waals surface area (Å²) in [6.45, 7) is 3.36. The van der Waals surface area contributed by atoms with Crippen LogP contribution in [0.5, 0.6) is 0 Å². The second-order valence-electron chi connectivity index (χ2n) is 5.25. The normalized spacial score (nSPS) is 20.7. The summed E-state index contributed by atoms with van der Waals surface area (Å²) >= 11 is 0. The highest BCUT2D eigenvalue weighted by Gasteiger charge is 2.20. The molecule has 0 amide bonds. The van der Waals surface area contributed by atoms with Crippen LogP contribution in [0.25, 0.3) is 6.08 Å². The smallest absolute Gasteiger partial charge is 0.270 e. The Morgan fingerprint density at radius 3 is 2.86 bits per heavy atom. The number of morpholine rings is 1. The van der Waals surface area contributed by atoms with Crippen LogP contribution < -0.4 is 0 Å². The van der Waals surface area contributed by atoms with E-state index in [4.69, 9.17) is 4.74 Å². The van der Waals surface area contributed by atoms with Crippen molar-refractivity contribution >= 4 is 11.8 Å². The summed E-state index contributed by atoms with van der Waals surface area (Å²) in [6.07, 6.45) is 6.36. The van der Waals surface area contributed by atoms with E-state index in [0.717, 1.165) is 44.7 Å². The SMILES string of the molecule is O=[N+]([O-])c1cccc(/C=C2/CCC=C2N2CCOCC2)c1. The van der Waals surface area contributed by atoms with Crippen molar-refractivity contribution in [3.63, 3.8) is 0 Å². The maximum atomic E-state index is 10.9. The first-order chi connectivity index (χ1) is 10.2. The molecule has 1 saturated heterocycles. The van der Waals surface area contributed by atoms with E-state index in [1.165, 1.54) is 17.3 Å². The summed E-state index contributed by atoms with van der Waals surface area (Å²) in [6, 6.07) is 6.80. The van der Waals surface area contributed by atoms with Gasteiger partial charge in [-0.05, 0) is 30.1 Å². The quantitative estimate of drug-likeness (QED) is 0.633. The third kappa shape index (κ3) is 3.13. The minimum absolute atomic E-state index is 0.138. The molecule has 1 aliphatic heterocycles. The fourth-order valence-corrected chi connectivity index (χ4v) is 2.84. The summed E-state index contributed by atoms with van der Waals surface area (Å²) < 4.78 is 5.39. The molecule has 0 unspecified atom stereocenters. The zero-order valence-electron chi connectivity index (χ0n) is 11.8. The molecular formula is C16H18N2O3. The molecule has 0 atom stereocenters. The Balaban J connectivity index is 1.83. The highest BCUT2D eigenvalue weighted by atomic mass is 16.6. The monoisotopic (exact) mass is 286 g/mol. The third-order valence-electron chi connectivity index (χ3n) is 3.85. The van der Waals surface area contributed by atoms with Crippen molar-refractivity contribution in [2.24, 2.45) is 0 Å². The fraction of sp³-hybridized carbons (Fsp3) is 0.375. The predicted molar refractivity (Wildman–Crippen MR) is 80.8 cm³/mol. The van der Waals surface area contributed by atoms with E-state index in [1.54, 1.807) is 12.1 Å².